The Morgan fingerprint density at radius 2 is 1.53 bits per heavy atom. The standard InChI is InChI=1S/C22H25BFNO5/c1-21(2)22(3,4)30-23(29-21)16-9-5-14(6-10-16)13-18(20(27)28)25-19(26)15-7-11-17(24)12-8-15/h5-12,18H,13H2,1-4H3,(H,25,26)(H,27,28)/t18-/m0/s1. The Bertz CT molecular complexity index is 912. The van der Waals surface area contributed by atoms with E-state index in [4.69, 9.17) is 9.31 Å². The third-order valence-corrected chi connectivity index (χ3v) is 5.65. The highest BCUT2D eigenvalue weighted by Crippen LogP contribution is 2.36. The van der Waals surface area contributed by atoms with Gasteiger partial charge in [-0.3, -0.25) is 4.79 Å². The minimum Gasteiger partial charge on any atom is -0.480 e. The van der Waals surface area contributed by atoms with E-state index in [-0.39, 0.29) is 12.0 Å². The number of halogens is 1. The number of rotatable bonds is 6. The molecule has 8 heteroatoms. The van der Waals surface area contributed by atoms with E-state index in [0.717, 1.165) is 23.2 Å². The van der Waals surface area contributed by atoms with Gasteiger partial charge in [-0.25, -0.2) is 9.18 Å². The molecule has 1 fully saturated rings. The summed E-state index contributed by atoms with van der Waals surface area (Å²) < 4.78 is 25.1. The zero-order chi connectivity index (χ0) is 22.1. The van der Waals surface area contributed by atoms with Crippen LogP contribution in [0.15, 0.2) is 48.5 Å². The maximum absolute atomic E-state index is 13.0. The summed E-state index contributed by atoms with van der Waals surface area (Å²) in [6.07, 6.45) is 0.103. The molecule has 1 aliphatic rings. The highest BCUT2D eigenvalue weighted by Gasteiger charge is 2.51. The fourth-order valence-electron chi connectivity index (χ4n) is 3.07. The average Bonchev–Trinajstić information content (AvgIpc) is 2.89. The van der Waals surface area contributed by atoms with Crippen molar-refractivity contribution in [2.75, 3.05) is 0 Å². The Morgan fingerprint density at radius 3 is 2.03 bits per heavy atom. The third kappa shape index (κ3) is 4.71. The third-order valence-electron chi connectivity index (χ3n) is 5.65. The molecule has 0 aliphatic carbocycles. The van der Waals surface area contributed by atoms with Crippen molar-refractivity contribution >= 4 is 24.5 Å². The highest BCUT2D eigenvalue weighted by molar-refractivity contribution is 6.62. The Hall–Kier alpha value is -2.71. The van der Waals surface area contributed by atoms with Crippen LogP contribution in [0.2, 0.25) is 0 Å². The average molecular weight is 413 g/mol. The molecular weight excluding hydrogens is 388 g/mol. The number of carboxylic acid groups (broad SMARTS) is 1. The van der Waals surface area contributed by atoms with E-state index in [2.05, 4.69) is 5.32 Å². The van der Waals surface area contributed by atoms with Crippen LogP contribution in [0.1, 0.15) is 43.6 Å². The first-order chi connectivity index (χ1) is 14.0. The van der Waals surface area contributed by atoms with Gasteiger partial charge >= 0.3 is 13.1 Å². The zero-order valence-corrected chi connectivity index (χ0v) is 17.4. The topological polar surface area (TPSA) is 84.9 Å². The summed E-state index contributed by atoms with van der Waals surface area (Å²) >= 11 is 0. The normalized spacial score (nSPS) is 18.1. The maximum atomic E-state index is 13.0. The molecule has 30 heavy (non-hydrogen) atoms. The van der Waals surface area contributed by atoms with E-state index in [0.29, 0.717) is 0 Å². The monoisotopic (exact) mass is 413 g/mol. The smallest absolute Gasteiger partial charge is 0.480 e. The quantitative estimate of drug-likeness (QED) is 0.712. The van der Waals surface area contributed by atoms with E-state index < -0.39 is 42.1 Å². The van der Waals surface area contributed by atoms with Gasteiger partial charge in [-0.05, 0) is 63.0 Å². The molecule has 2 aromatic carbocycles. The number of carbonyl (C=O) groups is 2. The maximum Gasteiger partial charge on any atom is 0.494 e. The molecule has 1 saturated heterocycles. The van der Waals surface area contributed by atoms with Crippen LogP contribution < -0.4 is 10.8 Å². The summed E-state index contributed by atoms with van der Waals surface area (Å²) in [7, 11) is -0.502. The fraction of sp³-hybridized carbons (Fsp3) is 0.364. The van der Waals surface area contributed by atoms with Gasteiger partial charge in [-0.15, -0.1) is 0 Å². The van der Waals surface area contributed by atoms with Gasteiger partial charge in [-0.1, -0.05) is 24.3 Å². The lowest BCUT2D eigenvalue weighted by Crippen LogP contribution is -2.42. The number of benzene rings is 2. The van der Waals surface area contributed by atoms with Crippen LogP contribution in [0.4, 0.5) is 4.39 Å². The van der Waals surface area contributed by atoms with Crippen molar-refractivity contribution in [2.45, 2.75) is 51.4 Å². The van der Waals surface area contributed by atoms with Crippen LogP contribution in [0.3, 0.4) is 0 Å². The molecule has 0 saturated carbocycles. The number of hydrogen-bond donors (Lipinski definition) is 2. The SMILES string of the molecule is CC1(C)OB(c2ccc(C[C@H](NC(=O)c3ccc(F)cc3)C(=O)O)cc2)OC1(C)C. The van der Waals surface area contributed by atoms with Crippen molar-refractivity contribution in [3.63, 3.8) is 0 Å². The van der Waals surface area contributed by atoms with Gasteiger partial charge in [-0.2, -0.15) is 0 Å². The molecule has 1 heterocycles. The minimum atomic E-state index is -1.15. The Labute approximate surface area is 175 Å². The summed E-state index contributed by atoms with van der Waals surface area (Å²) in [6.45, 7) is 7.90. The molecule has 0 aromatic heterocycles. The summed E-state index contributed by atoms with van der Waals surface area (Å²) in [5, 5.41) is 12.0. The number of hydrogen-bond acceptors (Lipinski definition) is 4. The lowest BCUT2D eigenvalue weighted by Gasteiger charge is -2.32. The van der Waals surface area contributed by atoms with Gasteiger partial charge in [0.15, 0.2) is 0 Å². The van der Waals surface area contributed by atoms with Crippen molar-refractivity contribution in [3.05, 3.63) is 65.5 Å². The van der Waals surface area contributed by atoms with Crippen LogP contribution in [0, 0.1) is 5.82 Å². The van der Waals surface area contributed by atoms with Gasteiger partial charge < -0.3 is 19.7 Å². The van der Waals surface area contributed by atoms with Crippen LogP contribution in [-0.2, 0) is 20.5 Å². The molecule has 1 amide bonds. The van der Waals surface area contributed by atoms with Crippen molar-refractivity contribution < 1.29 is 28.4 Å². The van der Waals surface area contributed by atoms with E-state index in [1.54, 1.807) is 12.1 Å². The summed E-state index contributed by atoms with van der Waals surface area (Å²) in [5.41, 5.74) is 0.866. The van der Waals surface area contributed by atoms with Crippen LogP contribution in [0.25, 0.3) is 0 Å². The molecule has 3 rings (SSSR count). The summed E-state index contributed by atoms with van der Waals surface area (Å²) in [4.78, 5) is 23.9. The minimum absolute atomic E-state index is 0.103. The lowest BCUT2D eigenvalue weighted by atomic mass is 9.78. The number of aliphatic carboxylic acids is 1. The second kappa shape index (κ2) is 8.20. The molecule has 2 aromatic rings. The van der Waals surface area contributed by atoms with Crippen molar-refractivity contribution in [3.8, 4) is 0 Å². The fourth-order valence-corrected chi connectivity index (χ4v) is 3.07. The van der Waals surface area contributed by atoms with Gasteiger partial charge in [0.2, 0.25) is 0 Å². The van der Waals surface area contributed by atoms with Gasteiger partial charge in [0.1, 0.15) is 11.9 Å². The van der Waals surface area contributed by atoms with Crippen molar-refractivity contribution in [1.29, 1.82) is 0 Å². The second-order valence-electron chi connectivity index (χ2n) is 8.41. The highest BCUT2D eigenvalue weighted by atomic mass is 19.1. The van der Waals surface area contributed by atoms with Gasteiger partial charge in [0.05, 0.1) is 11.2 Å². The van der Waals surface area contributed by atoms with Crippen molar-refractivity contribution in [1.82, 2.24) is 5.32 Å². The van der Waals surface area contributed by atoms with Crippen molar-refractivity contribution in [2.24, 2.45) is 0 Å². The first-order valence-electron chi connectivity index (χ1n) is 9.72. The van der Waals surface area contributed by atoms with E-state index in [1.807, 2.05) is 39.8 Å². The number of carboxylic acids is 1. The molecule has 2 N–H and O–H groups in total. The number of carbonyl (C=O) groups excluding carboxylic acids is 1. The van der Waals surface area contributed by atoms with E-state index >= 15 is 0 Å². The second-order valence-corrected chi connectivity index (χ2v) is 8.41. The predicted molar refractivity (Wildman–Crippen MR) is 111 cm³/mol. The van der Waals surface area contributed by atoms with E-state index in [1.165, 1.54) is 12.1 Å². The van der Waals surface area contributed by atoms with Crippen LogP contribution in [-0.4, -0.2) is 41.3 Å². The molecule has 0 unspecified atom stereocenters. The summed E-state index contributed by atoms with van der Waals surface area (Å²) in [5.74, 6) is -2.19. The van der Waals surface area contributed by atoms with Gasteiger partial charge in [0.25, 0.3) is 5.91 Å². The molecular formula is C22H25BFNO5. The molecule has 158 valence electrons. The predicted octanol–water partition coefficient (Wildman–Crippen LogP) is 2.55. The number of amides is 1. The summed E-state index contributed by atoms with van der Waals surface area (Å²) in [6, 6.07) is 11.0. The van der Waals surface area contributed by atoms with E-state index in [9.17, 15) is 19.1 Å². The molecule has 0 spiro atoms. The Morgan fingerprint density at radius 1 is 1.00 bits per heavy atom. The molecule has 0 bridgehead atoms. The Balaban J connectivity index is 1.67. The molecule has 1 atom stereocenters. The van der Waals surface area contributed by atoms with Crippen LogP contribution >= 0.6 is 0 Å². The molecule has 0 radical (unpaired) electrons. The van der Waals surface area contributed by atoms with Crippen LogP contribution in [0.5, 0.6) is 0 Å². The Kier molecular flexibility index (Phi) is 6.01. The molecule has 6 nitrogen and oxygen atoms in total. The first kappa shape index (κ1) is 22.0. The van der Waals surface area contributed by atoms with Gasteiger partial charge in [0, 0.05) is 12.0 Å². The number of nitrogens with one attached hydrogen (secondary N) is 1. The molecule has 1 aliphatic heterocycles. The first-order valence-corrected chi connectivity index (χ1v) is 9.72. The lowest BCUT2D eigenvalue weighted by molar-refractivity contribution is -0.139. The largest absolute Gasteiger partial charge is 0.494 e. The zero-order valence-electron chi connectivity index (χ0n) is 17.4.